The molecular weight excluding hydrogens is 358 g/mol. The monoisotopic (exact) mass is 379 g/mol. The van der Waals surface area contributed by atoms with Gasteiger partial charge in [0.2, 0.25) is 11.8 Å². The molecule has 144 valence electrons. The average Bonchev–Trinajstić information content (AvgIpc) is 3.12. The summed E-state index contributed by atoms with van der Waals surface area (Å²) in [7, 11) is 0. The summed E-state index contributed by atoms with van der Waals surface area (Å²) in [6, 6.07) is 9.12. The van der Waals surface area contributed by atoms with Crippen molar-refractivity contribution in [3.8, 4) is 6.07 Å². The molecule has 2 aliphatic rings. The molecule has 2 unspecified atom stereocenters. The molecule has 1 aromatic heterocycles. The quantitative estimate of drug-likeness (QED) is 0.820. The Bertz CT molecular complexity index is 1010. The van der Waals surface area contributed by atoms with Gasteiger partial charge in [-0.15, -0.1) is 0 Å². The number of aliphatic hydroxyl groups is 1. The zero-order chi connectivity index (χ0) is 20.3. The molecule has 3 heterocycles. The third-order valence-corrected chi connectivity index (χ3v) is 6.23. The molecule has 7 heteroatoms. The van der Waals surface area contributed by atoms with Crippen molar-refractivity contribution in [2.45, 2.75) is 38.4 Å². The van der Waals surface area contributed by atoms with Gasteiger partial charge < -0.3 is 9.84 Å². The van der Waals surface area contributed by atoms with Gasteiger partial charge in [-0.2, -0.15) is 5.26 Å². The van der Waals surface area contributed by atoms with Gasteiger partial charge in [-0.3, -0.25) is 9.59 Å². The first kappa shape index (κ1) is 18.5. The number of fused-ring (bicyclic) bond motifs is 2. The first-order valence-corrected chi connectivity index (χ1v) is 9.28. The molecule has 28 heavy (non-hydrogen) atoms. The summed E-state index contributed by atoms with van der Waals surface area (Å²) in [5, 5.41) is 20.5. The highest BCUT2D eigenvalue weighted by molar-refractivity contribution is 6.25. The number of nitrogens with zero attached hydrogens (tertiary/aromatic N) is 3. The van der Waals surface area contributed by atoms with Crippen LogP contribution < -0.4 is 4.90 Å². The lowest BCUT2D eigenvalue weighted by atomic mass is 9.77. The topological polar surface area (TPSA) is 104 Å². The van der Waals surface area contributed by atoms with E-state index in [-0.39, 0.29) is 18.2 Å². The fourth-order valence-corrected chi connectivity index (χ4v) is 4.66. The number of carbonyl (C=O) groups excluding carboxylic acids is 2. The lowest BCUT2D eigenvalue weighted by Crippen LogP contribution is -2.45. The molecule has 0 radical (unpaired) electrons. The number of hydrogen-bond donors (Lipinski definition) is 1. The van der Waals surface area contributed by atoms with Gasteiger partial charge in [-0.05, 0) is 20.3 Å². The molecule has 1 N–H and O–H groups in total. The molecule has 1 aromatic carbocycles. The van der Waals surface area contributed by atoms with E-state index in [1.807, 2.05) is 19.9 Å². The normalized spacial score (nSPS) is 32.0. The number of anilines is 1. The number of aliphatic hydroxyl groups excluding tert-OH is 1. The Morgan fingerprint density at radius 2 is 1.79 bits per heavy atom. The number of ether oxygens (including phenoxy) is 1. The maximum absolute atomic E-state index is 13.4. The van der Waals surface area contributed by atoms with Crippen LogP contribution in [0.2, 0.25) is 0 Å². The number of amides is 2. The van der Waals surface area contributed by atoms with E-state index in [0.717, 1.165) is 4.90 Å². The summed E-state index contributed by atoms with van der Waals surface area (Å²) >= 11 is 0. The predicted octanol–water partition coefficient (Wildman–Crippen LogP) is 2.16. The van der Waals surface area contributed by atoms with Crippen molar-refractivity contribution in [2.75, 3.05) is 11.5 Å². The van der Waals surface area contributed by atoms with Crippen LogP contribution in [-0.4, -0.2) is 39.7 Å². The van der Waals surface area contributed by atoms with E-state index in [0.29, 0.717) is 22.9 Å². The molecule has 0 bridgehead atoms. The van der Waals surface area contributed by atoms with E-state index in [1.54, 1.807) is 31.2 Å². The van der Waals surface area contributed by atoms with Gasteiger partial charge in [0.05, 0.1) is 35.9 Å². The number of nitriles is 1. The van der Waals surface area contributed by atoms with Crippen LogP contribution in [-0.2, 0) is 14.3 Å². The molecule has 4 atom stereocenters. The molecule has 2 aliphatic heterocycles. The Labute approximate surface area is 162 Å². The lowest BCUT2D eigenvalue weighted by molar-refractivity contribution is -0.145. The molecule has 0 aliphatic carbocycles. The van der Waals surface area contributed by atoms with E-state index < -0.39 is 28.9 Å². The van der Waals surface area contributed by atoms with Crippen molar-refractivity contribution in [1.82, 2.24) is 4.98 Å². The molecule has 0 spiro atoms. The second-order valence-electron chi connectivity index (χ2n) is 7.86. The Balaban J connectivity index is 1.91. The van der Waals surface area contributed by atoms with Crippen LogP contribution in [0.25, 0.3) is 10.8 Å². The minimum absolute atomic E-state index is 0.237. The molecule has 7 nitrogen and oxygen atoms in total. The van der Waals surface area contributed by atoms with Crippen LogP contribution in [0.4, 0.5) is 5.69 Å². The van der Waals surface area contributed by atoms with Gasteiger partial charge in [-0.25, -0.2) is 9.88 Å². The number of imide groups is 1. The molecule has 4 rings (SSSR count). The van der Waals surface area contributed by atoms with E-state index in [1.165, 1.54) is 6.20 Å². The van der Waals surface area contributed by atoms with E-state index in [2.05, 4.69) is 4.98 Å². The average molecular weight is 379 g/mol. The Hall–Kier alpha value is -2.82. The standard InChI is InChI=1S/C21H21N3O4/c1-4-20(2)16-17(21(3,11-25)28-20)19(27)24(18(16)26)15-10-23-14(9-22)12-7-5-6-8-13(12)15/h5-8,10,16-17,25H,4,11H2,1-3H3/t16-,17+,20?,21?/m0/s1. The smallest absolute Gasteiger partial charge is 0.240 e. The molecule has 2 fully saturated rings. The van der Waals surface area contributed by atoms with Gasteiger partial charge in [0.15, 0.2) is 0 Å². The fourth-order valence-electron chi connectivity index (χ4n) is 4.66. The van der Waals surface area contributed by atoms with Crippen LogP contribution in [0.5, 0.6) is 0 Å². The minimum Gasteiger partial charge on any atom is -0.393 e. The summed E-state index contributed by atoms with van der Waals surface area (Å²) < 4.78 is 6.07. The number of pyridine rings is 1. The summed E-state index contributed by atoms with van der Waals surface area (Å²) in [5.41, 5.74) is -1.38. The molecule has 2 amide bonds. The number of aromatic nitrogens is 1. The first-order valence-electron chi connectivity index (χ1n) is 9.28. The first-order chi connectivity index (χ1) is 13.3. The Kier molecular flexibility index (Phi) is 4.03. The van der Waals surface area contributed by atoms with Crippen molar-refractivity contribution >= 4 is 28.3 Å². The van der Waals surface area contributed by atoms with Gasteiger partial charge in [0.25, 0.3) is 0 Å². The van der Waals surface area contributed by atoms with Crippen LogP contribution in [0.3, 0.4) is 0 Å². The second kappa shape index (κ2) is 6.09. The highest BCUT2D eigenvalue weighted by atomic mass is 16.5. The maximum atomic E-state index is 13.4. The Morgan fingerprint density at radius 1 is 1.18 bits per heavy atom. The number of rotatable bonds is 3. The highest BCUT2D eigenvalue weighted by Gasteiger charge is 2.68. The van der Waals surface area contributed by atoms with Crippen LogP contribution in [0.15, 0.2) is 30.5 Å². The second-order valence-corrected chi connectivity index (χ2v) is 7.86. The van der Waals surface area contributed by atoms with Crippen molar-refractivity contribution in [2.24, 2.45) is 11.8 Å². The van der Waals surface area contributed by atoms with Crippen LogP contribution in [0.1, 0.15) is 32.9 Å². The van der Waals surface area contributed by atoms with Gasteiger partial charge in [0, 0.05) is 10.8 Å². The Morgan fingerprint density at radius 3 is 2.36 bits per heavy atom. The van der Waals surface area contributed by atoms with E-state index in [4.69, 9.17) is 4.74 Å². The van der Waals surface area contributed by atoms with E-state index in [9.17, 15) is 20.0 Å². The van der Waals surface area contributed by atoms with Gasteiger partial charge >= 0.3 is 0 Å². The summed E-state index contributed by atoms with van der Waals surface area (Å²) in [5.74, 6) is -2.21. The third-order valence-electron chi connectivity index (χ3n) is 6.23. The fraction of sp³-hybridized carbons (Fsp3) is 0.429. The summed E-state index contributed by atoms with van der Waals surface area (Å²) in [4.78, 5) is 32.1. The molecular formula is C21H21N3O4. The zero-order valence-corrected chi connectivity index (χ0v) is 16.0. The molecule has 0 saturated carbocycles. The SMILES string of the molecule is CCC1(C)OC(C)(CO)[C@H]2C(=O)N(c3cnc(C#N)c4ccccc34)C(=O)[C@H]21. The summed E-state index contributed by atoms with van der Waals surface area (Å²) in [6.45, 7) is 5.03. The van der Waals surface area contributed by atoms with Crippen molar-refractivity contribution in [3.05, 3.63) is 36.2 Å². The maximum Gasteiger partial charge on any atom is 0.240 e. The molecule has 2 saturated heterocycles. The van der Waals surface area contributed by atoms with Crippen molar-refractivity contribution < 1.29 is 19.4 Å². The number of hydrogen-bond acceptors (Lipinski definition) is 6. The van der Waals surface area contributed by atoms with Gasteiger partial charge in [-0.1, -0.05) is 31.2 Å². The van der Waals surface area contributed by atoms with Gasteiger partial charge in [0.1, 0.15) is 17.4 Å². The third kappa shape index (κ3) is 2.25. The largest absolute Gasteiger partial charge is 0.393 e. The number of carbonyl (C=O) groups is 2. The number of benzene rings is 1. The molecule has 2 aromatic rings. The lowest BCUT2D eigenvalue weighted by Gasteiger charge is -2.32. The highest BCUT2D eigenvalue weighted by Crippen LogP contribution is 2.54. The van der Waals surface area contributed by atoms with Crippen LogP contribution in [0, 0.1) is 23.2 Å². The van der Waals surface area contributed by atoms with Crippen molar-refractivity contribution in [1.29, 1.82) is 5.26 Å². The van der Waals surface area contributed by atoms with Crippen LogP contribution >= 0.6 is 0 Å². The van der Waals surface area contributed by atoms with Crippen molar-refractivity contribution in [3.63, 3.8) is 0 Å². The predicted molar refractivity (Wildman–Crippen MR) is 101 cm³/mol. The summed E-state index contributed by atoms with van der Waals surface area (Å²) in [6.07, 6.45) is 1.93. The van der Waals surface area contributed by atoms with E-state index >= 15 is 0 Å². The zero-order valence-electron chi connectivity index (χ0n) is 16.0. The minimum atomic E-state index is -1.13.